The molecule has 0 saturated carbocycles. The predicted molar refractivity (Wildman–Crippen MR) is 88.0 cm³/mol. The van der Waals surface area contributed by atoms with Crippen LogP contribution in [-0.2, 0) is 0 Å². The zero-order valence-electron chi connectivity index (χ0n) is 10.8. The van der Waals surface area contributed by atoms with E-state index in [4.69, 9.17) is 5.73 Å². The summed E-state index contributed by atoms with van der Waals surface area (Å²) in [4.78, 5) is 6.74. The molecule has 3 nitrogen and oxygen atoms in total. The molecule has 0 aliphatic carbocycles. The summed E-state index contributed by atoms with van der Waals surface area (Å²) in [7, 11) is 2.14. The molecule has 1 aliphatic heterocycles. The minimum atomic E-state index is 0.567. The summed E-state index contributed by atoms with van der Waals surface area (Å²) in [5, 5.41) is 1.12. The number of aromatic nitrogens is 1. The lowest BCUT2D eigenvalue weighted by Crippen LogP contribution is -2.32. The second kappa shape index (κ2) is 5.21. The molecule has 1 fully saturated rings. The fourth-order valence-corrected chi connectivity index (χ4v) is 4.20. The van der Waals surface area contributed by atoms with Gasteiger partial charge in [-0.25, -0.2) is 0 Å². The lowest BCUT2D eigenvalue weighted by atomic mass is 10.1. The van der Waals surface area contributed by atoms with Crippen molar-refractivity contribution in [2.75, 3.05) is 29.2 Å². The van der Waals surface area contributed by atoms with E-state index in [0.29, 0.717) is 6.04 Å². The van der Waals surface area contributed by atoms with Gasteiger partial charge < -0.3 is 10.6 Å². The van der Waals surface area contributed by atoms with Crippen LogP contribution in [0.3, 0.4) is 0 Å². The van der Waals surface area contributed by atoms with E-state index in [9.17, 15) is 0 Å². The highest BCUT2D eigenvalue weighted by atomic mass is 79.9. The van der Waals surface area contributed by atoms with E-state index >= 15 is 0 Å². The van der Waals surface area contributed by atoms with E-state index in [2.05, 4.69) is 38.9 Å². The van der Waals surface area contributed by atoms with Crippen LogP contribution in [0.25, 0.3) is 10.9 Å². The third-order valence-electron chi connectivity index (χ3n) is 3.64. The Morgan fingerprint density at radius 1 is 1.47 bits per heavy atom. The Balaban J connectivity index is 2.14. The van der Waals surface area contributed by atoms with E-state index < -0.39 is 0 Å². The first-order valence-electron chi connectivity index (χ1n) is 6.31. The zero-order valence-corrected chi connectivity index (χ0v) is 13.2. The highest BCUT2D eigenvalue weighted by Gasteiger charge is 2.23. The maximum atomic E-state index is 6.18. The van der Waals surface area contributed by atoms with Crippen molar-refractivity contribution in [1.29, 1.82) is 0 Å². The molecule has 19 heavy (non-hydrogen) atoms. The molecule has 1 aliphatic rings. The van der Waals surface area contributed by atoms with Crippen molar-refractivity contribution in [3.05, 3.63) is 28.9 Å². The van der Waals surface area contributed by atoms with Gasteiger partial charge in [0.2, 0.25) is 0 Å². The maximum Gasteiger partial charge on any atom is 0.0745 e. The fourth-order valence-electron chi connectivity index (χ4n) is 2.57. The molecule has 5 heteroatoms. The molecule has 2 aromatic rings. The lowest BCUT2D eigenvalue weighted by Gasteiger charge is -2.28. The topological polar surface area (TPSA) is 42.1 Å². The molecule has 0 spiro atoms. The molecular formula is C14H16BrN3S. The monoisotopic (exact) mass is 337 g/mol. The van der Waals surface area contributed by atoms with Crippen LogP contribution in [0.2, 0.25) is 0 Å². The van der Waals surface area contributed by atoms with Gasteiger partial charge in [-0.05, 0) is 30.4 Å². The van der Waals surface area contributed by atoms with Gasteiger partial charge in [0, 0.05) is 28.7 Å². The molecule has 0 bridgehead atoms. The van der Waals surface area contributed by atoms with Gasteiger partial charge in [-0.2, -0.15) is 11.8 Å². The van der Waals surface area contributed by atoms with Crippen molar-refractivity contribution >= 4 is 50.0 Å². The smallest absolute Gasteiger partial charge is 0.0745 e. The highest BCUT2D eigenvalue weighted by molar-refractivity contribution is 9.10. The Labute approximate surface area is 125 Å². The summed E-state index contributed by atoms with van der Waals surface area (Å²) < 4.78 is 1.06. The van der Waals surface area contributed by atoms with Gasteiger partial charge in [0.05, 0.1) is 23.1 Å². The van der Waals surface area contributed by atoms with Crippen LogP contribution in [0.1, 0.15) is 6.42 Å². The van der Waals surface area contributed by atoms with Crippen LogP contribution >= 0.6 is 27.7 Å². The number of hydrogen-bond donors (Lipinski definition) is 1. The van der Waals surface area contributed by atoms with Gasteiger partial charge in [0.1, 0.15) is 0 Å². The summed E-state index contributed by atoms with van der Waals surface area (Å²) >= 11 is 5.54. The second-order valence-corrected chi connectivity index (χ2v) is 6.92. The van der Waals surface area contributed by atoms with E-state index in [1.165, 1.54) is 17.9 Å². The lowest BCUT2D eigenvalue weighted by molar-refractivity contribution is 0.702. The number of nitrogens with two attached hydrogens (primary N) is 1. The molecule has 1 aromatic carbocycles. The van der Waals surface area contributed by atoms with Crippen molar-refractivity contribution in [3.63, 3.8) is 0 Å². The summed E-state index contributed by atoms with van der Waals surface area (Å²) in [5.41, 5.74) is 9.03. The Morgan fingerprint density at radius 3 is 3.05 bits per heavy atom. The van der Waals surface area contributed by atoms with Crippen LogP contribution < -0.4 is 10.6 Å². The number of pyridine rings is 1. The molecule has 1 atom stereocenters. The third-order valence-corrected chi connectivity index (χ3v) is 5.27. The van der Waals surface area contributed by atoms with Gasteiger partial charge in [0.15, 0.2) is 0 Å². The van der Waals surface area contributed by atoms with Gasteiger partial charge in [-0.1, -0.05) is 15.9 Å². The Kier molecular flexibility index (Phi) is 3.58. The van der Waals surface area contributed by atoms with Gasteiger partial charge in [0.25, 0.3) is 0 Å². The number of hydrogen-bond acceptors (Lipinski definition) is 4. The SMILES string of the molecule is CN(c1c(N)cnc2ccc(Br)cc12)C1CCSC1. The normalized spacial score (nSPS) is 18.9. The average Bonchev–Trinajstić information content (AvgIpc) is 2.91. The van der Waals surface area contributed by atoms with E-state index in [0.717, 1.165) is 26.8 Å². The van der Waals surface area contributed by atoms with Crippen LogP contribution in [0, 0.1) is 0 Å². The number of nitrogen functional groups attached to an aromatic ring is 1. The molecule has 2 heterocycles. The third kappa shape index (κ3) is 2.41. The van der Waals surface area contributed by atoms with Crippen LogP contribution in [0.5, 0.6) is 0 Å². The first-order chi connectivity index (χ1) is 9.16. The molecule has 0 radical (unpaired) electrons. The Morgan fingerprint density at radius 2 is 2.32 bits per heavy atom. The molecule has 1 unspecified atom stereocenters. The van der Waals surface area contributed by atoms with Gasteiger partial charge in [-0.15, -0.1) is 0 Å². The first kappa shape index (κ1) is 13.1. The highest BCUT2D eigenvalue weighted by Crippen LogP contribution is 2.35. The van der Waals surface area contributed by atoms with Crippen molar-refractivity contribution in [2.24, 2.45) is 0 Å². The van der Waals surface area contributed by atoms with E-state index in [1.807, 2.05) is 23.9 Å². The molecular weight excluding hydrogens is 322 g/mol. The molecule has 0 amide bonds. The van der Waals surface area contributed by atoms with Crippen LogP contribution in [0.15, 0.2) is 28.9 Å². The number of halogens is 1. The van der Waals surface area contributed by atoms with E-state index in [1.54, 1.807) is 6.20 Å². The fraction of sp³-hybridized carbons (Fsp3) is 0.357. The first-order valence-corrected chi connectivity index (χ1v) is 8.26. The van der Waals surface area contributed by atoms with Crippen LogP contribution in [0.4, 0.5) is 11.4 Å². The molecule has 3 rings (SSSR count). The Bertz CT molecular complexity index is 606. The molecule has 2 N–H and O–H groups in total. The average molecular weight is 338 g/mol. The maximum absolute atomic E-state index is 6.18. The van der Waals surface area contributed by atoms with Crippen molar-refractivity contribution in [1.82, 2.24) is 4.98 Å². The standard InChI is InChI=1S/C14H16BrN3S/c1-18(10-4-5-19-8-10)14-11-6-9(15)2-3-13(11)17-7-12(14)16/h2-3,6-7,10H,4-5,8,16H2,1H3. The summed E-state index contributed by atoms with van der Waals surface area (Å²) in [6, 6.07) is 6.71. The number of thioether (sulfide) groups is 1. The van der Waals surface area contributed by atoms with Crippen molar-refractivity contribution in [3.8, 4) is 0 Å². The zero-order chi connectivity index (χ0) is 13.4. The van der Waals surface area contributed by atoms with Gasteiger partial charge >= 0.3 is 0 Å². The summed E-state index contributed by atoms with van der Waals surface area (Å²) in [6.07, 6.45) is 2.99. The van der Waals surface area contributed by atoms with Crippen molar-refractivity contribution < 1.29 is 0 Å². The summed E-state index contributed by atoms with van der Waals surface area (Å²) in [6.45, 7) is 0. The largest absolute Gasteiger partial charge is 0.396 e. The minimum absolute atomic E-state index is 0.567. The minimum Gasteiger partial charge on any atom is -0.396 e. The van der Waals surface area contributed by atoms with E-state index in [-0.39, 0.29) is 0 Å². The van der Waals surface area contributed by atoms with Crippen LogP contribution in [-0.4, -0.2) is 29.6 Å². The molecule has 1 saturated heterocycles. The number of anilines is 2. The quantitative estimate of drug-likeness (QED) is 0.910. The van der Waals surface area contributed by atoms with Gasteiger partial charge in [-0.3, -0.25) is 4.98 Å². The molecule has 100 valence electrons. The molecule has 1 aromatic heterocycles. The number of benzene rings is 1. The van der Waals surface area contributed by atoms with Crippen molar-refractivity contribution in [2.45, 2.75) is 12.5 Å². The summed E-state index contributed by atoms with van der Waals surface area (Å²) in [5.74, 6) is 2.41. The Hall–Kier alpha value is -0.940. The number of nitrogens with zero attached hydrogens (tertiary/aromatic N) is 2. The predicted octanol–water partition coefficient (Wildman–Crippen LogP) is 3.52. The number of rotatable bonds is 2. The second-order valence-electron chi connectivity index (χ2n) is 4.85. The number of fused-ring (bicyclic) bond motifs is 1.